The molecular formula is C13H23NO2. The largest absolute Gasteiger partial charge is 0.395 e. The predicted molar refractivity (Wildman–Crippen MR) is 65.0 cm³/mol. The Hall–Kier alpha value is -0.830. The van der Waals surface area contributed by atoms with Crippen molar-refractivity contribution in [1.82, 2.24) is 4.90 Å². The first-order chi connectivity index (χ1) is 7.53. The normalized spacial score (nSPS) is 23.1. The van der Waals surface area contributed by atoms with Crippen LogP contribution in [-0.4, -0.2) is 35.6 Å². The Morgan fingerprint density at radius 3 is 2.75 bits per heavy atom. The van der Waals surface area contributed by atoms with Crippen LogP contribution in [0.1, 0.15) is 33.1 Å². The third-order valence-electron chi connectivity index (χ3n) is 3.59. The van der Waals surface area contributed by atoms with Crippen molar-refractivity contribution in [3.05, 3.63) is 12.7 Å². The summed E-state index contributed by atoms with van der Waals surface area (Å²) in [5.41, 5.74) is 0.103. The number of carbonyl (C=O) groups excluding carboxylic acids is 1. The lowest BCUT2D eigenvalue weighted by Gasteiger charge is -2.31. The van der Waals surface area contributed by atoms with Crippen molar-refractivity contribution >= 4 is 5.91 Å². The first-order valence-corrected chi connectivity index (χ1v) is 6.03. The van der Waals surface area contributed by atoms with Crippen LogP contribution >= 0.6 is 0 Å². The lowest BCUT2D eigenvalue weighted by Crippen LogP contribution is -2.41. The molecule has 1 amide bonds. The molecule has 1 aliphatic carbocycles. The van der Waals surface area contributed by atoms with Gasteiger partial charge in [0, 0.05) is 19.0 Å². The van der Waals surface area contributed by atoms with Crippen LogP contribution in [0.3, 0.4) is 0 Å². The summed E-state index contributed by atoms with van der Waals surface area (Å²) in [5, 5.41) is 8.96. The van der Waals surface area contributed by atoms with Gasteiger partial charge in [-0.25, -0.2) is 0 Å². The Morgan fingerprint density at radius 2 is 2.31 bits per heavy atom. The van der Waals surface area contributed by atoms with Crippen molar-refractivity contribution in [2.24, 2.45) is 11.3 Å². The summed E-state index contributed by atoms with van der Waals surface area (Å²) in [5.74, 6) is 0.287. The maximum atomic E-state index is 12.3. The lowest BCUT2D eigenvalue weighted by molar-refractivity contribution is -0.138. The van der Waals surface area contributed by atoms with E-state index in [1.54, 1.807) is 11.0 Å². The van der Waals surface area contributed by atoms with E-state index < -0.39 is 0 Å². The third kappa shape index (κ3) is 2.85. The zero-order valence-electron chi connectivity index (χ0n) is 10.4. The molecule has 0 radical (unpaired) electrons. The zero-order valence-corrected chi connectivity index (χ0v) is 10.4. The summed E-state index contributed by atoms with van der Waals surface area (Å²) in [4.78, 5) is 14.0. The quantitative estimate of drug-likeness (QED) is 0.725. The van der Waals surface area contributed by atoms with E-state index in [9.17, 15) is 4.79 Å². The van der Waals surface area contributed by atoms with Gasteiger partial charge >= 0.3 is 0 Å². The molecule has 3 heteroatoms. The van der Waals surface area contributed by atoms with E-state index in [-0.39, 0.29) is 23.8 Å². The Labute approximate surface area is 98.1 Å². The molecule has 1 rings (SSSR count). The molecule has 1 fully saturated rings. The van der Waals surface area contributed by atoms with Gasteiger partial charge in [-0.05, 0) is 18.3 Å². The Bertz CT molecular complexity index is 261. The second kappa shape index (κ2) is 5.48. The van der Waals surface area contributed by atoms with Crippen LogP contribution in [0, 0.1) is 11.3 Å². The van der Waals surface area contributed by atoms with E-state index in [1.165, 1.54) is 0 Å². The highest BCUT2D eigenvalue weighted by Crippen LogP contribution is 2.43. The number of aliphatic hydroxyl groups excluding tert-OH is 1. The molecule has 0 saturated heterocycles. The Kier molecular flexibility index (Phi) is 4.54. The average Bonchev–Trinajstić information content (AvgIpc) is 2.57. The van der Waals surface area contributed by atoms with E-state index in [0.717, 1.165) is 19.3 Å². The van der Waals surface area contributed by atoms with Crippen molar-refractivity contribution in [2.45, 2.75) is 33.1 Å². The Morgan fingerprint density at radius 1 is 1.62 bits per heavy atom. The van der Waals surface area contributed by atoms with Gasteiger partial charge in [0.2, 0.25) is 5.91 Å². The number of hydrogen-bond acceptors (Lipinski definition) is 2. The maximum absolute atomic E-state index is 12.3. The highest BCUT2D eigenvalue weighted by atomic mass is 16.3. The van der Waals surface area contributed by atoms with Crippen LogP contribution in [0.2, 0.25) is 0 Å². The van der Waals surface area contributed by atoms with E-state index in [4.69, 9.17) is 5.11 Å². The van der Waals surface area contributed by atoms with Crippen molar-refractivity contribution in [3.8, 4) is 0 Å². The molecule has 0 bridgehead atoms. The minimum absolute atomic E-state index is 0.0206. The molecule has 1 unspecified atom stereocenters. The molecular weight excluding hydrogens is 202 g/mol. The predicted octanol–water partition coefficient (Wildman–Crippen LogP) is 1.82. The molecule has 0 spiro atoms. The summed E-state index contributed by atoms with van der Waals surface area (Å²) in [6.07, 6.45) is 4.94. The fraction of sp³-hybridized carbons (Fsp3) is 0.769. The van der Waals surface area contributed by atoms with E-state index in [1.807, 2.05) is 0 Å². The van der Waals surface area contributed by atoms with Crippen LogP contribution in [0.25, 0.3) is 0 Å². The van der Waals surface area contributed by atoms with Crippen LogP contribution in [0.5, 0.6) is 0 Å². The molecule has 16 heavy (non-hydrogen) atoms. The maximum Gasteiger partial charge on any atom is 0.226 e. The molecule has 1 aliphatic rings. The molecule has 0 heterocycles. The second-order valence-electron chi connectivity index (χ2n) is 5.23. The van der Waals surface area contributed by atoms with Crippen LogP contribution in [0.15, 0.2) is 12.7 Å². The van der Waals surface area contributed by atoms with Crippen LogP contribution < -0.4 is 0 Å². The molecule has 0 aliphatic heterocycles. The number of rotatable bonds is 5. The molecule has 3 nitrogen and oxygen atoms in total. The highest BCUT2D eigenvalue weighted by Gasteiger charge is 2.40. The fourth-order valence-electron chi connectivity index (χ4n) is 2.57. The van der Waals surface area contributed by atoms with Gasteiger partial charge in [0.1, 0.15) is 0 Å². The van der Waals surface area contributed by atoms with Gasteiger partial charge in [-0.2, -0.15) is 0 Å². The molecule has 92 valence electrons. The molecule has 1 atom stereocenters. The van der Waals surface area contributed by atoms with Gasteiger partial charge < -0.3 is 10.0 Å². The summed E-state index contributed by atoms with van der Waals surface area (Å²) < 4.78 is 0. The van der Waals surface area contributed by atoms with E-state index in [0.29, 0.717) is 13.1 Å². The zero-order chi connectivity index (χ0) is 12.2. The van der Waals surface area contributed by atoms with Crippen molar-refractivity contribution in [2.75, 3.05) is 19.7 Å². The minimum atomic E-state index is 0.0206. The Balaban J connectivity index is 2.69. The molecule has 1 N–H and O–H groups in total. The lowest BCUT2D eigenvalue weighted by atomic mass is 9.81. The topological polar surface area (TPSA) is 40.5 Å². The minimum Gasteiger partial charge on any atom is -0.395 e. The first-order valence-electron chi connectivity index (χ1n) is 6.03. The summed E-state index contributed by atoms with van der Waals surface area (Å²) >= 11 is 0. The van der Waals surface area contributed by atoms with Gasteiger partial charge in [-0.15, -0.1) is 6.58 Å². The third-order valence-corrected chi connectivity index (χ3v) is 3.59. The number of nitrogens with zero attached hydrogens (tertiary/aromatic N) is 1. The SMILES string of the molecule is C=CCN(CCO)C(=O)C1CCCC1(C)C. The summed E-state index contributed by atoms with van der Waals surface area (Å²) in [6, 6.07) is 0. The monoisotopic (exact) mass is 225 g/mol. The van der Waals surface area contributed by atoms with Crippen molar-refractivity contribution in [3.63, 3.8) is 0 Å². The average molecular weight is 225 g/mol. The number of aliphatic hydroxyl groups is 1. The standard InChI is InChI=1S/C13H23NO2/c1-4-8-14(9-10-15)12(16)11-6-5-7-13(11,2)3/h4,11,15H,1,5-10H2,2-3H3. The van der Waals surface area contributed by atoms with Crippen molar-refractivity contribution in [1.29, 1.82) is 0 Å². The van der Waals surface area contributed by atoms with Crippen LogP contribution in [0.4, 0.5) is 0 Å². The van der Waals surface area contributed by atoms with Gasteiger partial charge in [0.25, 0.3) is 0 Å². The smallest absolute Gasteiger partial charge is 0.226 e. The van der Waals surface area contributed by atoms with Gasteiger partial charge in [-0.3, -0.25) is 4.79 Å². The molecule has 1 saturated carbocycles. The van der Waals surface area contributed by atoms with Gasteiger partial charge in [-0.1, -0.05) is 26.3 Å². The number of carbonyl (C=O) groups is 1. The van der Waals surface area contributed by atoms with Crippen molar-refractivity contribution < 1.29 is 9.90 Å². The first kappa shape index (κ1) is 13.2. The van der Waals surface area contributed by atoms with Gasteiger partial charge in [0.05, 0.1) is 6.61 Å². The fourth-order valence-corrected chi connectivity index (χ4v) is 2.57. The number of amides is 1. The number of hydrogen-bond donors (Lipinski definition) is 1. The summed E-state index contributed by atoms with van der Waals surface area (Å²) in [7, 11) is 0. The highest BCUT2D eigenvalue weighted by molar-refractivity contribution is 5.80. The van der Waals surface area contributed by atoms with E-state index >= 15 is 0 Å². The molecule has 0 aromatic heterocycles. The molecule has 0 aromatic rings. The van der Waals surface area contributed by atoms with Crippen LogP contribution in [-0.2, 0) is 4.79 Å². The second-order valence-corrected chi connectivity index (χ2v) is 5.23. The summed E-state index contributed by atoms with van der Waals surface area (Å²) in [6.45, 7) is 8.94. The van der Waals surface area contributed by atoms with Gasteiger partial charge in [0.15, 0.2) is 0 Å². The van der Waals surface area contributed by atoms with E-state index in [2.05, 4.69) is 20.4 Å². The molecule has 0 aromatic carbocycles.